The lowest BCUT2D eigenvalue weighted by atomic mass is 10.2. The number of rotatable bonds is 6. The lowest BCUT2D eigenvalue weighted by molar-refractivity contribution is -0.121. The fraction of sp³-hybridized carbons (Fsp3) is 0.190. The highest BCUT2D eigenvalue weighted by molar-refractivity contribution is 9.10. The molecular formula is C21H19BrN2O5S. The van der Waals surface area contributed by atoms with Crippen LogP contribution in [0.1, 0.15) is 22.8 Å². The molecule has 0 radical (unpaired) electrons. The maximum absolute atomic E-state index is 12.7. The molecule has 1 heterocycles. The highest BCUT2D eigenvalue weighted by Gasteiger charge is 2.30. The van der Waals surface area contributed by atoms with E-state index in [-0.39, 0.29) is 11.5 Å². The summed E-state index contributed by atoms with van der Waals surface area (Å²) in [5.74, 6) is -0.0697. The number of carbonyl (C=O) groups excluding carboxylic acids is 1. The second-order valence-corrected chi connectivity index (χ2v) is 8.06. The van der Waals surface area contributed by atoms with Crippen molar-refractivity contribution in [2.45, 2.75) is 6.92 Å². The van der Waals surface area contributed by atoms with Gasteiger partial charge in [-0.15, -0.1) is 0 Å². The van der Waals surface area contributed by atoms with Crippen molar-refractivity contribution in [3.8, 4) is 11.5 Å². The molecule has 30 heavy (non-hydrogen) atoms. The van der Waals surface area contributed by atoms with Crippen LogP contribution in [0.2, 0.25) is 0 Å². The number of aliphatic imine (C=N–C) groups is 1. The van der Waals surface area contributed by atoms with Gasteiger partial charge in [0.1, 0.15) is 0 Å². The van der Waals surface area contributed by atoms with Gasteiger partial charge in [0.2, 0.25) is 0 Å². The molecule has 0 aliphatic carbocycles. The second kappa shape index (κ2) is 9.36. The number of likely N-dealkylation sites (N-methyl/N-ethyl adjacent to an activating group) is 1. The van der Waals surface area contributed by atoms with Gasteiger partial charge < -0.3 is 14.6 Å². The molecule has 0 atom stereocenters. The third-order valence-corrected chi connectivity index (χ3v) is 5.81. The maximum atomic E-state index is 12.7. The molecule has 2 aromatic rings. The molecule has 0 aromatic heterocycles. The number of carboxylic acids is 1. The number of benzene rings is 2. The average molecular weight is 491 g/mol. The lowest BCUT2D eigenvalue weighted by Gasteiger charge is -2.12. The predicted molar refractivity (Wildman–Crippen MR) is 121 cm³/mol. The van der Waals surface area contributed by atoms with E-state index < -0.39 is 5.97 Å². The van der Waals surface area contributed by atoms with Crippen LogP contribution < -0.4 is 9.47 Å². The Balaban J connectivity index is 1.93. The minimum Gasteiger partial charge on any atom is -0.493 e. The summed E-state index contributed by atoms with van der Waals surface area (Å²) in [6, 6.07) is 9.90. The summed E-state index contributed by atoms with van der Waals surface area (Å²) in [5, 5.41) is 9.60. The van der Waals surface area contributed by atoms with Crippen LogP contribution in [-0.4, -0.2) is 47.8 Å². The van der Waals surface area contributed by atoms with Crippen molar-refractivity contribution in [3.63, 3.8) is 0 Å². The SMILES string of the molecule is CCOc1c(Br)cc(/C=C2\SC(=Nc3cccc(C(=O)O)c3)N(C)C2=O)cc1OC. The van der Waals surface area contributed by atoms with Gasteiger partial charge in [0, 0.05) is 7.05 Å². The summed E-state index contributed by atoms with van der Waals surface area (Å²) >= 11 is 4.70. The molecule has 0 saturated carbocycles. The summed E-state index contributed by atoms with van der Waals surface area (Å²) < 4.78 is 11.7. The number of ether oxygens (including phenoxy) is 2. The molecule has 156 valence electrons. The summed E-state index contributed by atoms with van der Waals surface area (Å²) in [6.07, 6.45) is 1.75. The van der Waals surface area contributed by atoms with E-state index in [9.17, 15) is 9.59 Å². The monoisotopic (exact) mass is 490 g/mol. The zero-order chi connectivity index (χ0) is 21.8. The second-order valence-electron chi connectivity index (χ2n) is 6.19. The van der Waals surface area contributed by atoms with E-state index in [1.54, 1.807) is 38.4 Å². The number of hydrogen-bond acceptors (Lipinski definition) is 6. The van der Waals surface area contributed by atoms with E-state index in [0.29, 0.717) is 33.9 Å². The van der Waals surface area contributed by atoms with E-state index in [1.165, 1.54) is 28.8 Å². The van der Waals surface area contributed by atoms with Crippen LogP contribution in [-0.2, 0) is 4.79 Å². The number of amides is 1. The van der Waals surface area contributed by atoms with E-state index in [1.807, 2.05) is 13.0 Å². The summed E-state index contributed by atoms with van der Waals surface area (Å²) in [5.41, 5.74) is 1.36. The van der Waals surface area contributed by atoms with Gasteiger partial charge in [-0.1, -0.05) is 6.07 Å². The fourth-order valence-corrected chi connectivity index (χ4v) is 4.29. The first-order chi connectivity index (χ1) is 14.3. The van der Waals surface area contributed by atoms with Crippen molar-refractivity contribution in [2.75, 3.05) is 20.8 Å². The van der Waals surface area contributed by atoms with Crippen molar-refractivity contribution < 1.29 is 24.2 Å². The number of nitrogens with zero attached hydrogens (tertiary/aromatic N) is 2. The van der Waals surface area contributed by atoms with Crippen LogP contribution in [0.5, 0.6) is 11.5 Å². The van der Waals surface area contributed by atoms with Crippen molar-refractivity contribution in [1.82, 2.24) is 4.90 Å². The molecule has 1 saturated heterocycles. The Kier molecular flexibility index (Phi) is 6.84. The maximum Gasteiger partial charge on any atom is 0.335 e. The van der Waals surface area contributed by atoms with Gasteiger partial charge in [-0.3, -0.25) is 9.69 Å². The summed E-state index contributed by atoms with van der Waals surface area (Å²) in [4.78, 5) is 30.2. The highest BCUT2D eigenvalue weighted by Crippen LogP contribution is 2.39. The number of aromatic carboxylic acids is 1. The molecule has 3 rings (SSSR count). The lowest BCUT2D eigenvalue weighted by Crippen LogP contribution is -2.23. The van der Waals surface area contributed by atoms with Crippen LogP contribution in [0.3, 0.4) is 0 Å². The number of amidine groups is 1. The molecule has 1 aliphatic rings. The molecule has 1 amide bonds. The fourth-order valence-electron chi connectivity index (χ4n) is 2.73. The van der Waals surface area contributed by atoms with Crippen LogP contribution in [0.15, 0.2) is 50.8 Å². The van der Waals surface area contributed by atoms with E-state index in [0.717, 1.165) is 10.0 Å². The van der Waals surface area contributed by atoms with Gasteiger partial charge in [-0.2, -0.15) is 0 Å². The number of methoxy groups -OCH3 is 1. The van der Waals surface area contributed by atoms with E-state index in [2.05, 4.69) is 20.9 Å². The minimum absolute atomic E-state index is 0.135. The van der Waals surface area contributed by atoms with Gasteiger partial charge in [-0.05, 0) is 76.6 Å². The largest absolute Gasteiger partial charge is 0.493 e. The summed E-state index contributed by atoms with van der Waals surface area (Å²) in [6.45, 7) is 2.38. The smallest absolute Gasteiger partial charge is 0.335 e. The Hall–Kier alpha value is -2.78. The quantitative estimate of drug-likeness (QED) is 0.585. The number of thioether (sulfide) groups is 1. The Bertz CT molecular complexity index is 1070. The Labute approximate surface area is 186 Å². The van der Waals surface area contributed by atoms with Crippen molar-refractivity contribution in [1.29, 1.82) is 0 Å². The highest BCUT2D eigenvalue weighted by atomic mass is 79.9. The normalized spacial score (nSPS) is 16.4. The number of halogens is 1. The molecule has 2 aromatic carbocycles. The first-order valence-corrected chi connectivity index (χ1v) is 10.5. The minimum atomic E-state index is -1.03. The first-order valence-electron chi connectivity index (χ1n) is 8.94. The molecule has 0 spiro atoms. The van der Waals surface area contributed by atoms with Crippen molar-refractivity contribution in [3.05, 3.63) is 56.9 Å². The Morgan fingerprint density at radius 3 is 2.77 bits per heavy atom. The Morgan fingerprint density at radius 2 is 2.10 bits per heavy atom. The van der Waals surface area contributed by atoms with Gasteiger partial charge in [0.05, 0.1) is 34.3 Å². The van der Waals surface area contributed by atoms with Gasteiger partial charge in [-0.25, -0.2) is 9.79 Å². The van der Waals surface area contributed by atoms with Crippen LogP contribution in [0.4, 0.5) is 5.69 Å². The number of carbonyl (C=O) groups is 2. The molecule has 0 bridgehead atoms. The topological polar surface area (TPSA) is 88.4 Å². The molecular weight excluding hydrogens is 472 g/mol. The molecule has 1 fully saturated rings. The first kappa shape index (κ1) is 21.9. The molecule has 1 N–H and O–H groups in total. The Morgan fingerprint density at radius 1 is 1.33 bits per heavy atom. The molecule has 7 nitrogen and oxygen atoms in total. The molecule has 0 unspecified atom stereocenters. The third-order valence-electron chi connectivity index (χ3n) is 4.16. The zero-order valence-corrected chi connectivity index (χ0v) is 18.9. The third kappa shape index (κ3) is 4.68. The zero-order valence-electron chi connectivity index (χ0n) is 16.5. The van der Waals surface area contributed by atoms with E-state index >= 15 is 0 Å². The van der Waals surface area contributed by atoms with Gasteiger partial charge in [0.15, 0.2) is 16.7 Å². The van der Waals surface area contributed by atoms with Crippen LogP contribution >= 0.6 is 27.7 Å². The molecule has 1 aliphatic heterocycles. The van der Waals surface area contributed by atoms with Crippen molar-refractivity contribution >= 4 is 56.5 Å². The number of hydrogen-bond donors (Lipinski definition) is 1. The van der Waals surface area contributed by atoms with Crippen LogP contribution in [0, 0.1) is 0 Å². The average Bonchev–Trinajstić information content (AvgIpc) is 2.97. The van der Waals surface area contributed by atoms with Gasteiger partial charge in [0.25, 0.3) is 5.91 Å². The predicted octanol–water partition coefficient (Wildman–Crippen LogP) is 4.79. The summed E-state index contributed by atoms with van der Waals surface area (Å²) in [7, 11) is 3.19. The number of carboxylic acid groups (broad SMARTS) is 1. The standard InChI is InChI=1S/C21H19BrN2O5S/c1-4-29-18-15(22)8-12(9-16(18)28-3)10-17-19(25)24(2)21(30-17)23-14-7-5-6-13(11-14)20(26)27/h5-11H,4H2,1-3H3,(H,26,27)/b17-10-,23-21?. The molecule has 9 heteroatoms. The van der Waals surface area contributed by atoms with Crippen LogP contribution in [0.25, 0.3) is 6.08 Å². The van der Waals surface area contributed by atoms with Crippen molar-refractivity contribution in [2.24, 2.45) is 4.99 Å². The van der Waals surface area contributed by atoms with Gasteiger partial charge >= 0.3 is 5.97 Å². The van der Waals surface area contributed by atoms with E-state index in [4.69, 9.17) is 14.6 Å².